The molecule has 2 heterocycles. The van der Waals surface area contributed by atoms with Gasteiger partial charge in [0.2, 0.25) is 0 Å². The lowest BCUT2D eigenvalue weighted by atomic mass is 9.76. The third-order valence-corrected chi connectivity index (χ3v) is 6.86. The molecular formula is C21H31FN4O2. The number of aliphatic imine (C=N–C) groups is 1. The van der Waals surface area contributed by atoms with Gasteiger partial charge >= 0.3 is 0 Å². The molecule has 7 heteroatoms. The Bertz CT molecular complexity index is 682. The van der Waals surface area contributed by atoms with Crippen molar-refractivity contribution in [3.63, 3.8) is 0 Å². The monoisotopic (exact) mass is 390 g/mol. The number of benzene rings is 1. The van der Waals surface area contributed by atoms with Crippen molar-refractivity contribution >= 4 is 11.6 Å². The van der Waals surface area contributed by atoms with E-state index in [1.165, 1.54) is 12.1 Å². The van der Waals surface area contributed by atoms with E-state index in [-0.39, 0.29) is 23.3 Å². The van der Waals surface area contributed by atoms with Gasteiger partial charge in [-0.05, 0) is 49.9 Å². The first kappa shape index (κ1) is 19.5. The molecule has 0 aromatic heterocycles. The molecule has 1 aromatic rings. The molecule has 6 nitrogen and oxygen atoms in total. The van der Waals surface area contributed by atoms with Crippen LogP contribution in [-0.4, -0.2) is 68.0 Å². The van der Waals surface area contributed by atoms with E-state index >= 15 is 0 Å². The summed E-state index contributed by atoms with van der Waals surface area (Å²) in [6.07, 6.45) is 3.68. The Morgan fingerprint density at radius 2 is 1.82 bits per heavy atom. The molecule has 4 rings (SSSR count). The molecule has 28 heavy (non-hydrogen) atoms. The average molecular weight is 391 g/mol. The first-order valence-corrected chi connectivity index (χ1v) is 10.4. The number of anilines is 1. The van der Waals surface area contributed by atoms with Crippen molar-refractivity contribution in [3.05, 3.63) is 30.1 Å². The lowest BCUT2D eigenvalue weighted by Crippen LogP contribution is -2.51. The maximum Gasteiger partial charge on any atom is 0.191 e. The number of hydrogen-bond acceptors (Lipinski definition) is 4. The Morgan fingerprint density at radius 1 is 1.14 bits per heavy atom. The van der Waals surface area contributed by atoms with E-state index in [0.717, 1.165) is 70.8 Å². The lowest BCUT2D eigenvalue weighted by Gasteiger charge is -2.37. The molecule has 3 aliphatic rings. The highest BCUT2D eigenvalue weighted by Crippen LogP contribution is 2.48. The second-order valence-electron chi connectivity index (χ2n) is 8.37. The van der Waals surface area contributed by atoms with Crippen LogP contribution in [0.25, 0.3) is 0 Å². The molecular weight excluding hydrogens is 359 g/mol. The standard InChI is InChI=1S/C21H31FN4O2/c22-17-1-3-18(4-2-17)25-9-11-26(12-10-25)20(23)24-15-16-5-6-21(19(16)27)7-13-28-14-8-21/h1-4,16,19,27H,5-15H2,(H2,23,24). The zero-order valence-electron chi connectivity index (χ0n) is 16.4. The Balaban J connectivity index is 1.29. The van der Waals surface area contributed by atoms with Gasteiger partial charge in [0.25, 0.3) is 0 Å². The summed E-state index contributed by atoms with van der Waals surface area (Å²) in [6, 6.07) is 6.62. The van der Waals surface area contributed by atoms with Crippen molar-refractivity contribution in [3.8, 4) is 0 Å². The number of halogens is 1. The summed E-state index contributed by atoms with van der Waals surface area (Å²) >= 11 is 0. The number of nitrogens with two attached hydrogens (primary N) is 1. The number of piperazine rings is 1. The molecule has 2 aliphatic heterocycles. The molecule has 3 fully saturated rings. The molecule has 1 spiro atoms. The van der Waals surface area contributed by atoms with E-state index in [0.29, 0.717) is 12.5 Å². The van der Waals surface area contributed by atoms with E-state index < -0.39 is 0 Å². The topological polar surface area (TPSA) is 74.3 Å². The summed E-state index contributed by atoms with van der Waals surface area (Å²) in [5.41, 5.74) is 7.32. The number of aliphatic hydroxyl groups is 1. The van der Waals surface area contributed by atoms with Crippen LogP contribution in [0.2, 0.25) is 0 Å². The SMILES string of the molecule is NC(=NCC1CCC2(CCOCC2)C1O)N1CCN(c2ccc(F)cc2)CC1. The number of nitrogens with zero attached hydrogens (tertiary/aromatic N) is 3. The second kappa shape index (κ2) is 8.25. The summed E-state index contributed by atoms with van der Waals surface area (Å²) in [7, 11) is 0. The summed E-state index contributed by atoms with van der Waals surface area (Å²) in [4.78, 5) is 8.97. The van der Waals surface area contributed by atoms with E-state index in [1.54, 1.807) is 0 Å². The molecule has 0 bridgehead atoms. The smallest absolute Gasteiger partial charge is 0.191 e. The number of guanidine groups is 1. The minimum Gasteiger partial charge on any atom is -0.392 e. The van der Waals surface area contributed by atoms with Crippen LogP contribution in [0.15, 0.2) is 29.3 Å². The van der Waals surface area contributed by atoms with Crippen LogP contribution >= 0.6 is 0 Å². The summed E-state index contributed by atoms with van der Waals surface area (Å²) in [5.74, 6) is 0.548. The van der Waals surface area contributed by atoms with Gasteiger partial charge in [0, 0.05) is 63.0 Å². The van der Waals surface area contributed by atoms with Crippen molar-refractivity contribution in [1.82, 2.24) is 4.90 Å². The quantitative estimate of drug-likeness (QED) is 0.608. The van der Waals surface area contributed by atoms with Gasteiger partial charge in [0.05, 0.1) is 6.10 Å². The maximum absolute atomic E-state index is 13.1. The Morgan fingerprint density at radius 3 is 2.50 bits per heavy atom. The van der Waals surface area contributed by atoms with Crippen LogP contribution in [0.1, 0.15) is 25.7 Å². The first-order chi connectivity index (χ1) is 13.6. The van der Waals surface area contributed by atoms with Crippen molar-refractivity contribution in [2.75, 3.05) is 50.8 Å². The fourth-order valence-corrected chi connectivity index (χ4v) is 4.95. The Hall–Kier alpha value is -1.86. The highest BCUT2D eigenvalue weighted by atomic mass is 19.1. The predicted octanol–water partition coefficient (Wildman–Crippen LogP) is 1.83. The average Bonchev–Trinajstić information content (AvgIpc) is 3.02. The number of aliphatic hydroxyl groups excluding tert-OH is 1. The highest BCUT2D eigenvalue weighted by molar-refractivity contribution is 5.78. The van der Waals surface area contributed by atoms with E-state index in [9.17, 15) is 9.50 Å². The Kier molecular flexibility index (Phi) is 5.73. The number of ether oxygens (including phenoxy) is 1. The molecule has 2 unspecified atom stereocenters. The molecule has 1 saturated carbocycles. The predicted molar refractivity (Wildman–Crippen MR) is 108 cm³/mol. The van der Waals surface area contributed by atoms with E-state index in [2.05, 4.69) is 14.8 Å². The van der Waals surface area contributed by atoms with Crippen molar-refractivity contribution in [2.24, 2.45) is 22.1 Å². The largest absolute Gasteiger partial charge is 0.392 e. The molecule has 3 N–H and O–H groups in total. The normalized spacial score (nSPS) is 28.1. The van der Waals surface area contributed by atoms with Crippen LogP contribution < -0.4 is 10.6 Å². The van der Waals surface area contributed by atoms with Gasteiger partial charge in [-0.15, -0.1) is 0 Å². The van der Waals surface area contributed by atoms with Gasteiger partial charge < -0.3 is 25.4 Å². The van der Waals surface area contributed by atoms with Crippen LogP contribution in [0, 0.1) is 17.2 Å². The molecule has 1 aliphatic carbocycles. The maximum atomic E-state index is 13.1. The van der Waals surface area contributed by atoms with Gasteiger partial charge in [-0.1, -0.05) is 0 Å². The van der Waals surface area contributed by atoms with Crippen LogP contribution in [0.4, 0.5) is 10.1 Å². The molecule has 0 amide bonds. The van der Waals surface area contributed by atoms with Gasteiger partial charge in [-0.2, -0.15) is 0 Å². The van der Waals surface area contributed by atoms with Crippen molar-refractivity contribution < 1.29 is 14.2 Å². The fraction of sp³-hybridized carbons (Fsp3) is 0.667. The highest BCUT2D eigenvalue weighted by Gasteiger charge is 2.48. The number of hydrogen-bond donors (Lipinski definition) is 2. The first-order valence-electron chi connectivity index (χ1n) is 10.4. The van der Waals surface area contributed by atoms with Gasteiger partial charge in [-0.3, -0.25) is 4.99 Å². The van der Waals surface area contributed by atoms with Crippen LogP contribution in [-0.2, 0) is 4.74 Å². The minimum atomic E-state index is -0.303. The van der Waals surface area contributed by atoms with E-state index in [1.807, 2.05) is 12.1 Å². The third-order valence-electron chi connectivity index (χ3n) is 6.86. The minimum absolute atomic E-state index is 0.0357. The zero-order chi connectivity index (χ0) is 19.6. The van der Waals surface area contributed by atoms with Crippen molar-refractivity contribution in [2.45, 2.75) is 31.8 Å². The molecule has 1 aromatic carbocycles. The number of rotatable bonds is 3. The Labute approximate surface area is 166 Å². The third kappa shape index (κ3) is 3.96. The van der Waals surface area contributed by atoms with Crippen LogP contribution in [0.3, 0.4) is 0 Å². The molecule has 2 saturated heterocycles. The van der Waals surface area contributed by atoms with Gasteiger partial charge in [-0.25, -0.2) is 4.39 Å². The summed E-state index contributed by atoms with van der Waals surface area (Å²) < 4.78 is 18.6. The summed E-state index contributed by atoms with van der Waals surface area (Å²) in [6.45, 7) is 5.35. The van der Waals surface area contributed by atoms with E-state index in [4.69, 9.17) is 10.5 Å². The van der Waals surface area contributed by atoms with Gasteiger partial charge in [0.15, 0.2) is 5.96 Å². The summed E-state index contributed by atoms with van der Waals surface area (Å²) in [5, 5.41) is 10.9. The molecule has 0 radical (unpaired) electrons. The van der Waals surface area contributed by atoms with Gasteiger partial charge in [0.1, 0.15) is 5.82 Å². The lowest BCUT2D eigenvalue weighted by molar-refractivity contribution is -0.0549. The van der Waals surface area contributed by atoms with Crippen LogP contribution in [0.5, 0.6) is 0 Å². The second-order valence-corrected chi connectivity index (χ2v) is 8.37. The fourth-order valence-electron chi connectivity index (χ4n) is 4.95. The zero-order valence-corrected chi connectivity index (χ0v) is 16.4. The van der Waals surface area contributed by atoms with Crippen molar-refractivity contribution in [1.29, 1.82) is 0 Å². The molecule has 2 atom stereocenters. The molecule has 154 valence electrons.